The molecule has 0 radical (unpaired) electrons. The van der Waals surface area contributed by atoms with Gasteiger partial charge in [-0.2, -0.15) is 13.2 Å². The summed E-state index contributed by atoms with van der Waals surface area (Å²) in [5.74, 6) is -1.84. The molecule has 2 heterocycles. The summed E-state index contributed by atoms with van der Waals surface area (Å²) in [4.78, 5) is 47.1. The lowest BCUT2D eigenvalue weighted by Gasteiger charge is -2.56. The van der Waals surface area contributed by atoms with Crippen molar-refractivity contribution >= 4 is 24.2 Å². The van der Waals surface area contributed by atoms with E-state index in [-0.39, 0.29) is 24.0 Å². The number of carbonyl (C=O) groups is 4. The molecule has 1 fully saturated rings. The van der Waals surface area contributed by atoms with E-state index in [1.165, 1.54) is 20.8 Å². The molecule has 14 heteroatoms. The smallest absolute Gasteiger partial charge is 0.446 e. The molecule has 2 bridgehead atoms. The Kier molecular flexibility index (Phi) is 8.35. The maximum absolute atomic E-state index is 12.9. The normalized spacial score (nSPS) is 28.7. The predicted octanol–water partition coefficient (Wildman–Crippen LogP) is 2.23. The van der Waals surface area contributed by atoms with Gasteiger partial charge in [-0.05, 0) is 64.4 Å². The van der Waals surface area contributed by atoms with Gasteiger partial charge in [0.25, 0.3) is 0 Å². The fraction of sp³-hybridized carbons (Fsp3) is 0.571. The molecule has 0 saturated carbocycles. The van der Waals surface area contributed by atoms with Gasteiger partial charge in [-0.25, -0.2) is 9.59 Å². The van der Waals surface area contributed by atoms with Crippen molar-refractivity contribution in [3.63, 3.8) is 0 Å². The zero-order valence-corrected chi connectivity index (χ0v) is 23.4. The molecule has 230 valence electrons. The summed E-state index contributed by atoms with van der Waals surface area (Å²) < 4.78 is 53.2. The topological polar surface area (TPSA) is 149 Å². The number of carbonyl (C=O) groups excluding carboxylic acids is 4. The molecule has 1 aromatic rings. The summed E-state index contributed by atoms with van der Waals surface area (Å²) in [6.45, 7) is 4.67. The predicted molar refractivity (Wildman–Crippen MR) is 136 cm³/mol. The van der Waals surface area contributed by atoms with Gasteiger partial charge in [-0.3, -0.25) is 9.59 Å². The zero-order valence-electron chi connectivity index (χ0n) is 23.4. The lowest BCUT2D eigenvalue weighted by Crippen LogP contribution is -2.69. The number of benzene rings is 1. The Labute approximate surface area is 239 Å². The molecule has 2 aliphatic heterocycles. The summed E-state index contributed by atoms with van der Waals surface area (Å²) in [5.41, 5.74) is -0.304. The Bertz CT molecular complexity index is 1310. The highest BCUT2D eigenvalue weighted by Gasteiger charge is 2.71. The number of hydrogen-bond donors (Lipinski definition) is 2. The van der Waals surface area contributed by atoms with Gasteiger partial charge >= 0.3 is 24.1 Å². The zero-order chi connectivity index (χ0) is 31.2. The number of hydrogen-bond acceptors (Lipinski definition) is 11. The van der Waals surface area contributed by atoms with E-state index in [1.807, 2.05) is 13.1 Å². The highest BCUT2D eigenvalue weighted by Crippen LogP contribution is 2.64. The van der Waals surface area contributed by atoms with Gasteiger partial charge < -0.3 is 34.1 Å². The average molecular weight is 600 g/mol. The van der Waals surface area contributed by atoms with Gasteiger partial charge in [0.1, 0.15) is 5.76 Å². The number of aliphatic hydroxyl groups is 1. The SMILES string of the molecule is CC(=O)O[C@@H](C)C(=O)O[C@@H](C)C(=O)OC1=CC[C@@]2(O)[C@H]3Cc4ccc(O)c5c4[C@@]2(CCCN3C)[C@H]1O5.O=CC(F)(F)F. The number of aromatic hydroxyl groups is 1. The Morgan fingerprint density at radius 3 is 2.43 bits per heavy atom. The van der Waals surface area contributed by atoms with Crippen LogP contribution in [0.4, 0.5) is 13.2 Å². The molecular weight excluding hydrogens is 567 g/mol. The minimum atomic E-state index is -4.64. The molecule has 1 saturated heterocycles. The standard InChI is InChI=1S/C26H31NO9.C2HF3O/c1-13(33-15(3)28)23(30)34-14(2)24(31)35-18-8-10-26(32)19-12-16-6-7-17(29)21-20(16)25(26,22(18)36-21)9-5-11-27(19)4;3-2(4,5)1-6/h6-8,13-14,19,22,29,32H,5,9-12H2,1-4H3;1H/t13-,14-,19+,22-,25-,26+;/m0./s1. The van der Waals surface area contributed by atoms with Crippen molar-refractivity contribution in [3.05, 3.63) is 35.1 Å². The molecule has 0 aromatic heterocycles. The maximum Gasteiger partial charge on any atom is 0.446 e. The van der Waals surface area contributed by atoms with Crippen molar-refractivity contribution in [2.75, 3.05) is 13.6 Å². The Morgan fingerprint density at radius 1 is 1.17 bits per heavy atom. The average Bonchev–Trinajstić information content (AvgIpc) is 3.25. The second-order valence-electron chi connectivity index (χ2n) is 10.9. The van der Waals surface area contributed by atoms with Crippen LogP contribution in [0.1, 0.15) is 51.2 Å². The number of phenols is 1. The highest BCUT2D eigenvalue weighted by molar-refractivity contribution is 5.83. The minimum absolute atomic E-state index is 0.0247. The number of halogens is 3. The number of phenolic OH excluding ortho intramolecular Hbond substituents is 1. The van der Waals surface area contributed by atoms with E-state index in [0.29, 0.717) is 18.6 Å². The van der Waals surface area contributed by atoms with Crippen LogP contribution in [0, 0.1) is 0 Å². The summed E-state index contributed by atoms with van der Waals surface area (Å²) in [6.07, 6.45) is -5.10. The van der Waals surface area contributed by atoms with Crippen molar-refractivity contribution in [3.8, 4) is 11.5 Å². The molecule has 2 aliphatic carbocycles. The van der Waals surface area contributed by atoms with Gasteiger partial charge in [0.15, 0.2) is 29.8 Å². The van der Waals surface area contributed by atoms with Crippen LogP contribution in [0.15, 0.2) is 24.0 Å². The van der Waals surface area contributed by atoms with Crippen LogP contribution in [-0.2, 0) is 45.2 Å². The van der Waals surface area contributed by atoms with Crippen LogP contribution in [0.3, 0.4) is 0 Å². The first kappa shape index (κ1) is 31.3. The summed E-state index contributed by atoms with van der Waals surface area (Å²) in [7, 11) is 2.00. The Morgan fingerprint density at radius 2 is 1.81 bits per heavy atom. The van der Waals surface area contributed by atoms with E-state index in [4.69, 9.17) is 23.7 Å². The van der Waals surface area contributed by atoms with Gasteiger partial charge in [0, 0.05) is 24.9 Å². The third kappa shape index (κ3) is 5.33. The number of esters is 3. The number of nitrogens with zero attached hydrogens (tertiary/aromatic N) is 1. The molecule has 2 N–H and O–H groups in total. The quantitative estimate of drug-likeness (QED) is 0.292. The van der Waals surface area contributed by atoms with Crippen LogP contribution in [0.5, 0.6) is 11.5 Å². The molecule has 6 atom stereocenters. The summed E-state index contributed by atoms with van der Waals surface area (Å²) in [6, 6.07) is 3.30. The minimum Gasteiger partial charge on any atom is -0.504 e. The molecule has 42 heavy (non-hydrogen) atoms. The molecule has 0 unspecified atom stereocenters. The highest BCUT2D eigenvalue weighted by atomic mass is 19.4. The van der Waals surface area contributed by atoms with Crippen molar-refractivity contribution in [1.82, 2.24) is 4.90 Å². The largest absolute Gasteiger partial charge is 0.504 e. The lowest BCUT2D eigenvalue weighted by molar-refractivity contribution is -0.176. The van der Waals surface area contributed by atoms with Crippen LogP contribution < -0.4 is 4.74 Å². The van der Waals surface area contributed by atoms with Gasteiger partial charge in [-0.1, -0.05) is 6.07 Å². The van der Waals surface area contributed by atoms with Gasteiger partial charge in [0.05, 0.1) is 11.0 Å². The fourth-order valence-corrected chi connectivity index (χ4v) is 6.51. The number of likely N-dealkylation sites (N-methyl/N-ethyl adjacent to an activating group) is 1. The molecule has 1 spiro atoms. The maximum atomic E-state index is 12.9. The molecule has 4 aliphatic rings. The molecule has 1 aromatic carbocycles. The Balaban J connectivity index is 0.000000612. The number of likely N-dealkylation sites (tertiary alicyclic amines) is 1. The molecule has 5 rings (SSSR count). The second-order valence-corrected chi connectivity index (χ2v) is 10.9. The Hall–Kier alpha value is -3.65. The summed E-state index contributed by atoms with van der Waals surface area (Å²) >= 11 is 0. The van der Waals surface area contributed by atoms with Crippen LogP contribution in [0.25, 0.3) is 0 Å². The van der Waals surface area contributed by atoms with Crippen molar-refractivity contribution in [1.29, 1.82) is 0 Å². The second kappa shape index (κ2) is 11.2. The summed E-state index contributed by atoms with van der Waals surface area (Å²) in [5, 5.41) is 22.9. The first-order chi connectivity index (χ1) is 19.6. The third-order valence-corrected chi connectivity index (χ3v) is 8.23. The van der Waals surface area contributed by atoms with Crippen LogP contribution in [0.2, 0.25) is 0 Å². The van der Waals surface area contributed by atoms with Gasteiger partial charge in [-0.15, -0.1) is 0 Å². The molecule has 0 amide bonds. The van der Waals surface area contributed by atoms with E-state index in [1.54, 1.807) is 12.1 Å². The van der Waals surface area contributed by atoms with Crippen LogP contribution in [-0.4, -0.2) is 89.0 Å². The van der Waals surface area contributed by atoms with E-state index in [9.17, 15) is 37.8 Å². The number of ether oxygens (including phenoxy) is 4. The van der Waals surface area contributed by atoms with E-state index in [0.717, 1.165) is 24.1 Å². The number of aldehydes is 1. The van der Waals surface area contributed by atoms with E-state index >= 15 is 0 Å². The first-order valence-corrected chi connectivity index (χ1v) is 13.3. The van der Waals surface area contributed by atoms with E-state index in [2.05, 4.69) is 4.90 Å². The monoisotopic (exact) mass is 599 g/mol. The first-order valence-electron chi connectivity index (χ1n) is 13.3. The lowest BCUT2D eigenvalue weighted by atomic mass is 9.52. The van der Waals surface area contributed by atoms with Crippen molar-refractivity contribution in [2.24, 2.45) is 0 Å². The number of alkyl halides is 3. The van der Waals surface area contributed by atoms with Crippen molar-refractivity contribution < 1.29 is 61.5 Å². The fourth-order valence-electron chi connectivity index (χ4n) is 6.51. The molecular formula is C28H32F3NO10. The van der Waals surface area contributed by atoms with Crippen molar-refractivity contribution in [2.45, 2.75) is 88.0 Å². The van der Waals surface area contributed by atoms with Crippen LogP contribution >= 0.6 is 0 Å². The number of rotatable bonds is 5. The van der Waals surface area contributed by atoms with Gasteiger partial charge in [0.2, 0.25) is 6.29 Å². The third-order valence-electron chi connectivity index (χ3n) is 8.23. The molecule has 11 nitrogen and oxygen atoms in total. The van der Waals surface area contributed by atoms with E-state index < -0.39 is 59.7 Å².